The molecule has 1 aliphatic heterocycles. The van der Waals surface area contributed by atoms with E-state index in [1.54, 1.807) is 6.20 Å². The summed E-state index contributed by atoms with van der Waals surface area (Å²) in [5.41, 5.74) is 0.654. The fourth-order valence-corrected chi connectivity index (χ4v) is 2.59. The summed E-state index contributed by atoms with van der Waals surface area (Å²) in [4.78, 5) is 18.6. The maximum atomic E-state index is 12.5. The third kappa shape index (κ3) is 4.18. The molecule has 0 aliphatic carbocycles. The highest BCUT2D eigenvalue weighted by Crippen LogP contribution is 2.20. The minimum Gasteiger partial charge on any atom is -0.344 e. The van der Waals surface area contributed by atoms with Crippen molar-refractivity contribution in [2.75, 3.05) is 20.1 Å². The summed E-state index contributed by atoms with van der Waals surface area (Å²) >= 11 is 0. The van der Waals surface area contributed by atoms with Gasteiger partial charge in [0.2, 0.25) is 5.91 Å². The molecule has 4 nitrogen and oxygen atoms in total. The predicted molar refractivity (Wildman–Crippen MR) is 83.1 cm³/mol. The Balaban J connectivity index is 0.00000200. The zero-order valence-electron chi connectivity index (χ0n) is 12.3. The van der Waals surface area contributed by atoms with Crippen molar-refractivity contribution in [3.8, 4) is 0 Å². The van der Waals surface area contributed by atoms with Crippen LogP contribution in [0.3, 0.4) is 0 Å². The van der Waals surface area contributed by atoms with E-state index in [-0.39, 0.29) is 23.9 Å². The number of aromatic nitrogens is 1. The Morgan fingerprint density at radius 3 is 2.85 bits per heavy atom. The van der Waals surface area contributed by atoms with E-state index in [0.29, 0.717) is 6.54 Å². The number of nitrogens with one attached hydrogen (secondary N) is 1. The molecule has 1 atom stereocenters. The second kappa shape index (κ2) is 7.60. The highest BCUT2D eigenvalue weighted by atomic mass is 35.5. The number of carbonyl (C=O) groups is 1. The molecular weight excluding hydrogens is 274 g/mol. The average Bonchev–Trinajstić information content (AvgIpc) is 2.46. The Morgan fingerprint density at radius 2 is 2.25 bits per heavy atom. The Labute approximate surface area is 127 Å². The fraction of sp³-hybridized carbons (Fsp3) is 0.600. The molecule has 2 rings (SSSR count). The van der Waals surface area contributed by atoms with Gasteiger partial charge >= 0.3 is 0 Å². The molecule has 0 saturated carbocycles. The maximum absolute atomic E-state index is 12.5. The van der Waals surface area contributed by atoms with E-state index in [1.807, 2.05) is 37.1 Å². The van der Waals surface area contributed by atoms with Crippen LogP contribution in [0.25, 0.3) is 0 Å². The summed E-state index contributed by atoms with van der Waals surface area (Å²) in [7, 11) is 1.88. The summed E-state index contributed by atoms with van der Waals surface area (Å²) in [5.74, 6) is 0.197. The number of likely N-dealkylation sites (N-methyl/N-ethyl adjacent to an activating group) is 1. The number of carbonyl (C=O) groups excluding carboxylic acids is 1. The molecule has 0 radical (unpaired) electrons. The average molecular weight is 298 g/mol. The van der Waals surface area contributed by atoms with Crippen LogP contribution < -0.4 is 5.32 Å². The van der Waals surface area contributed by atoms with Crippen molar-refractivity contribution >= 4 is 18.3 Å². The normalized spacial score (nSPS) is 21.9. The van der Waals surface area contributed by atoms with Crippen molar-refractivity contribution in [1.29, 1.82) is 0 Å². The first-order valence-corrected chi connectivity index (χ1v) is 7.02. The lowest BCUT2D eigenvalue weighted by atomic mass is 9.89. The van der Waals surface area contributed by atoms with Crippen LogP contribution in [0.1, 0.15) is 31.9 Å². The Bertz CT molecular complexity index is 418. The van der Waals surface area contributed by atoms with Gasteiger partial charge in [0.05, 0.1) is 5.54 Å². The molecule has 1 amide bonds. The third-order valence-electron chi connectivity index (χ3n) is 3.87. The fourth-order valence-electron chi connectivity index (χ4n) is 2.59. The largest absolute Gasteiger partial charge is 0.344 e. The summed E-state index contributed by atoms with van der Waals surface area (Å²) in [5, 5.41) is 3.37. The van der Waals surface area contributed by atoms with E-state index < -0.39 is 0 Å². The van der Waals surface area contributed by atoms with Crippen LogP contribution in [-0.2, 0) is 11.2 Å². The molecule has 20 heavy (non-hydrogen) atoms. The summed E-state index contributed by atoms with van der Waals surface area (Å²) in [6, 6.07) is 5.89. The van der Waals surface area contributed by atoms with Gasteiger partial charge in [0.15, 0.2) is 0 Å². The van der Waals surface area contributed by atoms with Gasteiger partial charge in [-0.25, -0.2) is 0 Å². The molecule has 112 valence electrons. The number of piperidine rings is 1. The highest BCUT2D eigenvalue weighted by Gasteiger charge is 2.36. The van der Waals surface area contributed by atoms with Crippen molar-refractivity contribution in [3.63, 3.8) is 0 Å². The van der Waals surface area contributed by atoms with Crippen molar-refractivity contribution < 1.29 is 4.79 Å². The zero-order chi connectivity index (χ0) is 13.7. The predicted octanol–water partition coefficient (Wildman–Crippen LogP) is 2.04. The number of hydrogen-bond acceptors (Lipinski definition) is 3. The molecule has 1 N–H and O–H groups in total. The van der Waals surface area contributed by atoms with Gasteiger partial charge in [-0.2, -0.15) is 0 Å². The van der Waals surface area contributed by atoms with E-state index in [4.69, 9.17) is 0 Å². The van der Waals surface area contributed by atoms with E-state index >= 15 is 0 Å². The lowest BCUT2D eigenvalue weighted by Gasteiger charge is -2.36. The monoisotopic (exact) mass is 297 g/mol. The van der Waals surface area contributed by atoms with Crippen molar-refractivity contribution in [1.82, 2.24) is 15.2 Å². The van der Waals surface area contributed by atoms with Crippen LogP contribution in [0.5, 0.6) is 0 Å². The van der Waals surface area contributed by atoms with Crippen LogP contribution in [0.15, 0.2) is 24.4 Å². The van der Waals surface area contributed by atoms with Gasteiger partial charge < -0.3 is 10.2 Å². The quantitative estimate of drug-likeness (QED) is 0.925. The minimum atomic E-state index is -0.378. The molecule has 2 heterocycles. The molecule has 5 heteroatoms. The third-order valence-corrected chi connectivity index (χ3v) is 3.87. The highest BCUT2D eigenvalue weighted by molar-refractivity contribution is 5.86. The standard InChI is InChI=1S/C15H23N3O.ClH/c1-15(9-4-6-11-17-15)14(19)18(2)12-8-13-7-3-5-10-16-13;/h3,5,7,10,17H,4,6,8-9,11-12H2,1-2H3;1H. The van der Waals surface area contributed by atoms with E-state index in [9.17, 15) is 4.79 Å². The van der Waals surface area contributed by atoms with Gasteiger partial charge in [0.1, 0.15) is 0 Å². The second-order valence-electron chi connectivity index (χ2n) is 5.51. The van der Waals surface area contributed by atoms with Gasteiger partial charge in [-0.05, 0) is 44.9 Å². The smallest absolute Gasteiger partial charge is 0.242 e. The van der Waals surface area contributed by atoms with Crippen molar-refractivity contribution in [2.45, 2.75) is 38.1 Å². The maximum Gasteiger partial charge on any atom is 0.242 e. The molecule has 0 spiro atoms. The summed E-state index contributed by atoms with van der Waals surface area (Å²) < 4.78 is 0. The number of nitrogens with zero attached hydrogens (tertiary/aromatic N) is 2. The molecule has 1 aromatic rings. The van der Waals surface area contributed by atoms with E-state index in [1.165, 1.54) is 6.42 Å². The number of hydrogen-bond donors (Lipinski definition) is 1. The van der Waals surface area contributed by atoms with Crippen molar-refractivity contribution in [2.24, 2.45) is 0 Å². The first-order chi connectivity index (χ1) is 9.12. The molecule has 1 aromatic heterocycles. The van der Waals surface area contributed by atoms with Gasteiger partial charge in [-0.3, -0.25) is 9.78 Å². The lowest BCUT2D eigenvalue weighted by molar-refractivity contribution is -0.137. The van der Waals surface area contributed by atoms with E-state index in [0.717, 1.165) is 31.5 Å². The van der Waals surface area contributed by atoms with Gasteiger partial charge in [-0.1, -0.05) is 6.07 Å². The summed E-state index contributed by atoms with van der Waals surface area (Å²) in [6.07, 6.45) is 5.82. The Morgan fingerprint density at radius 1 is 1.45 bits per heavy atom. The van der Waals surface area contributed by atoms with Crippen LogP contribution in [0, 0.1) is 0 Å². The second-order valence-corrected chi connectivity index (χ2v) is 5.51. The first-order valence-electron chi connectivity index (χ1n) is 7.02. The zero-order valence-corrected chi connectivity index (χ0v) is 13.1. The number of pyridine rings is 1. The van der Waals surface area contributed by atoms with Crippen molar-refractivity contribution in [3.05, 3.63) is 30.1 Å². The van der Waals surface area contributed by atoms with Crippen LogP contribution in [0.4, 0.5) is 0 Å². The van der Waals surface area contributed by atoms with Crippen LogP contribution in [0.2, 0.25) is 0 Å². The minimum absolute atomic E-state index is 0. The Kier molecular flexibility index (Phi) is 6.43. The van der Waals surface area contributed by atoms with Gasteiger partial charge in [-0.15, -0.1) is 12.4 Å². The summed E-state index contributed by atoms with van der Waals surface area (Å²) in [6.45, 7) is 3.68. The molecule has 0 bridgehead atoms. The number of halogens is 1. The molecule has 1 unspecified atom stereocenters. The molecule has 1 aliphatic rings. The number of rotatable bonds is 4. The molecule has 1 fully saturated rings. The first kappa shape index (κ1) is 16.9. The number of amides is 1. The SMILES string of the molecule is CN(CCc1ccccn1)C(=O)C1(C)CCCCN1.Cl. The molecule has 1 saturated heterocycles. The van der Waals surface area contributed by atoms with Gasteiger partial charge in [0.25, 0.3) is 0 Å². The van der Waals surface area contributed by atoms with Crippen LogP contribution in [-0.4, -0.2) is 41.5 Å². The Hall–Kier alpha value is -1.13. The van der Waals surface area contributed by atoms with E-state index in [2.05, 4.69) is 10.3 Å². The molecular formula is C15H24ClN3O. The lowest BCUT2D eigenvalue weighted by Crippen LogP contribution is -2.57. The van der Waals surface area contributed by atoms with Gasteiger partial charge in [0, 0.05) is 31.9 Å². The topological polar surface area (TPSA) is 45.2 Å². The van der Waals surface area contributed by atoms with Crippen LogP contribution >= 0.6 is 12.4 Å². The molecule has 0 aromatic carbocycles.